The Morgan fingerprint density at radius 1 is 1.24 bits per heavy atom. The zero-order valence-electron chi connectivity index (χ0n) is 11.2. The first kappa shape index (κ1) is 16.1. The number of carboxylic acids is 1. The van der Waals surface area contributed by atoms with Gasteiger partial charge in [0, 0.05) is 4.75 Å². The van der Waals surface area contributed by atoms with Crippen LogP contribution in [0.3, 0.4) is 0 Å². The molecule has 0 aromatic heterocycles. The minimum absolute atomic E-state index is 0.608. The summed E-state index contributed by atoms with van der Waals surface area (Å²) in [5, 5.41) is 11.5. The summed E-state index contributed by atoms with van der Waals surface area (Å²) in [5.41, 5.74) is -0.642. The first-order valence-corrected chi connectivity index (χ1v) is 6.49. The van der Waals surface area contributed by atoms with Crippen LogP contribution in [0.4, 0.5) is 4.79 Å². The van der Waals surface area contributed by atoms with Crippen molar-refractivity contribution in [2.24, 2.45) is 0 Å². The summed E-state index contributed by atoms with van der Waals surface area (Å²) in [6, 6.07) is -0.993. The molecule has 0 aromatic carbocycles. The van der Waals surface area contributed by atoms with Gasteiger partial charge >= 0.3 is 12.1 Å². The number of nitrogens with one attached hydrogen (secondary N) is 1. The lowest BCUT2D eigenvalue weighted by Crippen LogP contribution is -2.53. The second-order valence-electron chi connectivity index (χ2n) is 5.23. The number of hydrogen-bond acceptors (Lipinski definition) is 4. The molecule has 0 saturated carbocycles. The van der Waals surface area contributed by atoms with Gasteiger partial charge in [-0.1, -0.05) is 0 Å². The first-order chi connectivity index (χ1) is 7.49. The summed E-state index contributed by atoms with van der Waals surface area (Å²) in [6.45, 7) is 8.69. The largest absolute Gasteiger partial charge is 0.480 e. The van der Waals surface area contributed by atoms with E-state index < -0.39 is 28.5 Å². The van der Waals surface area contributed by atoms with Gasteiger partial charge in [0.25, 0.3) is 0 Å². The van der Waals surface area contributed by atoms with E-state index in [-0.39, 0.29) is 0 Å². The van der Waals surface area contributed by atoms with Crippen molar-refractivity contribution in [1.29, 1.82) is 0 Å². The second kappa shape index (κ2) is 5.62. The molecule has 0 aromatic rings. The molecule has 0 bridgehead atoms. The fourth-order valence-corrected chi connectivity index (χ4v) is 1.47. The number of carbonyl (C=O) groups excluding carboxylic acids is 1. The summed E-state index contributed by atoms with van der Waals surface area (Å²) in [4.78, 5) is 22.7. The molecule has 100 valence electrons. The molecular formula is C11H21NO4S. The van der Waals surface area contributed by atoms with E-state index >= 15 is 0 Å². The van der Waals surface area contributed by atoms with Crippen molar-refractivity contribution < 1.29 is 19.4 Å². The number of carboxylic acid groups (broad SMARTS) is 1. The van der Waals surface area contributed by atoms with Crippen LogP contribution in [0.15, 0.2) is 0 Å². The molecule has 0 aliphatic carbocycles. The van der Waals surface area contributed by atoms with E-state index in [1.807, 2.05) is 0 Å². The van der Waals surface area contributed by atoms with Gasteiger partial charge in [-0.15, -0.1) is 0 Å². The molecule has 0 fully saturated rings. The van der Waals surface area contributed by atoms with Gasteiger partial charge in [0.2, 0.25) is 0 Å². The number of thioether (sulfide) groups is 1. The van der Waals surface area contributed by atoms with Crippen LogP contribution < -0.4 is 5.32 Å². The van der Waals surface area contributed by atoms with Crippen molar-refractivity contribution in [1.82, 2.24) is 5.32 Å². The maximum absolute atomic E-state index is 11.5. The normalized spacial score (nSPS) is 14.0. The highest BCUT2D eigenvalue weighted by molar-refractivity contribution is 8.00. The topological polar surface area (TPSA) is 75.6 Å². The van der Waals surface area contributed by atoms with Crippen LogP contribution in [0.1, 0.15) is 34.6 Å². The van der Waals surface area contributed by atoms with E-state index in [4.69, 9.17) is 9.84 Å². The Morgan fingerprint density at radius 2 is 1.71 bits per heavy atom. The highest BCUT2D eigenvalue weighted by Gasteiger charge is 2.37. The van der Waals surface area contributed by atoms with Crippen molar-refractivity contribution in [3.8, 4) is 0 Å². The van der Waals surface area contributed by atoms with E-state index in [2.05, 4.69) is 5.32 Å². The van der Waals surface area contributed by atoms with Crippen LogP contribution in [0.5, 0.6) is 0 Å². The molecule has 2 N–H and O–H groups in total. The Bertz CT molecular complexity index is 296. The molecule has 0 unspecified atom stereocenters. The summed E-state index contributed by atoms with van der Waals surface area (Å²) in [5.74, 6) is -1.07. The minimum Gasteiger partial charge on any atom is -0.480 e. The lowest BCUT2D eigenvalue weighted by atomic mass is 10.0. The second-order valence-corrected chi connectivity index (χ2v) is 6.69. The van der Waals surface area contributed by atoms with Crippen LogP contribution in [0.25, 0.3) is 0 Å². The monoisotopic (exact) mass is 263 g/mol. The molecule has 0 aliphatic rings. The van der Waals surface area contributed by atoms with Gasteiger partial charge in [-0.05, 0) is 40.9 Å². The lowest BCUT2D eigenvalue weighted by Gasteiger charge is -2.31. The highest BCUT2D eigenvalue weighted by atomic mass is 32.2. The SMILES string of the molecule is CSC(C)(C)[C@@H](NC(=O)OC(C)(C)C)C(=O)O. The Labute approximate surface area is 106 Å². The van der Waals surface area contributed by atoms with Crippen molar-refractivity contribution in [2.75, 3.05) is 6.26 Å². The van der Waals surface area contributed by atoms with Crippen molar-refractivity contribution >= 4 is 23.8 Å². The third-order valence-corrected chi connectivity index (χ3v) is 3.42. The van der Waals surface area contributed by atoms with Gasteiger partial charge < -0.3 is 15.2 Å². The number of alkyl carbamates (subject to hydrolysis) is 1. The maximum Gasteiger partial charge on any atom is 0.408 e. The average Bonchev–Trinajstić information content (AvgIpc) is 2.10. The molecule has 17 heavy (non-hydrogen) atoms. The Balaban J connectivity index is 4.69. The molecule has 0 spiro atoms. The van der Waals surface area contributed by atoms with Crippen LogP contribution in [0.2, 0.25) is 0 Å². The molecule has 1 amide bonds. The predicted octanol–water partition coefficient (Wildman–Crippen LogP) is 2.11. The van der Waals surface area contributed by atoms with Crippen LogP contribution in [0, 0.1) is 0 Å². The van der Waals surface area contributed by atoms with Gasteiger partial charge in [-0.25, -0.2) is 9.59 Å². The van der Waals surface area contributed by atoms with Gasteiger partial charge in [0.1, 0.15) is 11.6 Å². The predicted molar refractivity (Wildman–Crippen MR) is 68.4 cm³/mol. The van der Waals surface area contributed by atoms with E-state index in [0.29, 0.717) is 0 Å². The van der Waals surface area contributed by atoms with Crippen LogP contribution in [-0.2, 0) is 9.53 Å². The molecule has 5 nitrogen and oxygen atoms in total. The van der Waals surface area contributed by atoms with Crippen LogP contribution in [-0.4, -0.2) is 39.8 Å². The van der Waals surface area contributed by atoms with E-state index in [9.17, 15) is 9.59 Å². The Kier molecular flexibility index (Phi) is 5.32. The molecule has 0 heterocycles. The quantitative estimate of drug-likeness (QED) is 0.812. The molecule has 1 atom stereocenters. The number of carbonyl (C=O) groups is 2. The van der Waals surface area contributed by atoms with Crippen molar-refractivity contribution in [3.05, 3.63) is 0 Å². The van der Waals surface area contributed by atoms with Gasteiger partial charge in [-0.3, -0.25) is 0 Å². The fraction of sp³-hybridized carbons (Fsp3) is 0.818. The van der Waals surface area contributed by atoms with E-state index in [1.54, 1.807) is 40.9 Å². The van der Waals surface area contributed by atoms with Gasteiger partial charge in [0.15, 0.2) is 0 Å². The zero-order valence-corrected chi connectivity index (χ0v) is 12.0. The molecule has 0 rings (SSSR count). The number of amides is 1. The standard InChI is InChI=1S/C11H21NO4S/c1-10(2,3)16-9(15)12-7(8(13)14)11(4,5)17-6/h7H,1-6H3,(H,12,15)(H,13,14)/t7-/m0/s1. The molecule has 0 saturated heterocycles. The Hall–Kier alpha value is -0.910. The minimum atomic E-state index is -1.07. The highest BCUT2D eigenvalue weighted by Crippen LogP contribution is 2.26. The van der Waals surface area contributed by atoms with E-state index in [1.165, 1.54) is 11.8 Å². The summed E-state index contributed by atoms with van der Waals surface area (Å²) in [6.07, 6.45) is 1.08. The molecule has 6 heteroatoms. The summed E-state index contributed by atoms with van der Waals surface area (Å²) < 4.78 is 4.43. The van der Waals surface area contributed by atoms with Crippen LogP contribution >= 0.6 is 11.8 Å². The average molecular weight is 263 g/mol. The smallest absolute Gasteiger partial charge is 0.408 e. The maximum atomic E-state index is 11.5. The molecule has 0 radical (unpaired) electrons. The first-order valence-electron chi connectivity index (χ1n) is 5.27. The Morgan fingerprint density at radius 3 is 2.00 bits per heavy atom. The third-order valence-electron chi connectivity index (χ3n) is 2.13. The van der Waals surface area contributed by atoms with Gasteiger partial charge in [0.05, 0.1) is 0 Å². The summed E-state index contributed by atoms with van der Waals surface area (Å²) in [7, 11) is 0. The lowest BCUT2D eigenvalue weighted by molar-refractivity contribution is -0.140. The molecular weight excluding hydrogens is 242 g/mol. The number of ether oxygens (including phenoxy) is 1. The number of rotatable bonds is 4. The van der Waals surface area contributed by atoms with Crippen molar-refractivity contribution in [3.63, 3.8) is 0 Å². The summed E-state index contributed by atoms with van der Waals surface area (Å²) >= 11 is 1.37. The molecule has 0 aliphatic heterocycles. The van der Waals surface area contributed by atoms with Crippen molar-refractivity contribution in [2.45, 2.75) is 51.0 Å². The van der Waals surface area contributed by atoms with E-state index in [0.717, 1.165) is 0 Å². The fourth-order valence-electron chi connectivity index (χ4n) is 1.08. The number of hydrogen-bond donors (Lipinski definition) is 2. The van der Waals surface area contributed by atoms with Gasteiger partial charge in [-0.2, -0.15) is 11.8 Å². The zero-order chi connectivity index (χ0) is 13.9. The third kappa shape index (κ3) is 5.81. The number of aliphatic carboxylic acids is 1.